The fraction of sp³-hybridized carbons (Fsp3) is 0.286. The molecule has 2 aromatic rings. The average molecular weight is 767 g/mol. The number of halogens is 3. The first-order valence-corrected chi connectivity index (χ1v) is 15.0. The number of esters is 1. The lowest BCUT2D eigenvalue weighted by atomic mass is 10.2. The van der Waals surface area contributed by atoms with Crippen molar-refractivity contribution in [3.05, 3.63) is 80.9 Å². The average Bonchev–Trinajstić information content (AvgIpc) is 3.38. The molecule has 0 unspecified atom stereocenters. The standard InChI is InChI=1S/C18H18N2O9.C8H6ClNO5.C2H2Cl2O2/c21-15-9-10-16(22)19(15)11-3-1-2-4-17(23)27-12-28-18(24)29-14-7-5-13(6-8-14)20(25)26;9-5-14-8(11)15-7-3-1-6(2-4-7)10(12)13;3-1-6-2(4)5/h5-10H,1-4,11-12H2;1-4H,5H2;1H2. The quantitative estimate of drug-likeness (QED) is 0.0205. The van der Waals surface area contributed by atoms with Gasteiger partial charge < -0.3 is 28.4 Å². The van der Waals surface area contributed by atoms with Crippen molar-refractivity contribution in [3.63, 3.8) is 0 Å². The second-order valence-corrected chi connectivity index (χ2v) is 9.45. The van der Waals surface area contributed by atoms with E-state index in [0.717, 1.165) is 17.0 Å². The largest absolute Gasteiger partial charge is 0.516 e. The number of benzene rings is 2. The maximum Gasteiger partial charge on any atom is 0.516 e. The van der Waals surface area contributed by atoms with Crippen molar-refractivity contribution < 1.29 is 67.0 Å². The third kappa shape index (κ3) is 18.1. The molecule has 50 heavy (non-hydrogen) atoms. The maximum atomic E-state index is 11.6. The molecule has 0 bridgehead atoms. The van der Waals surface area contributed by atoms with Crippen LogP contribution in [0, 0.1) is 20.2 Å². The fourth-order valence-electron chi connectivity index (χ4n) is 3.19. The Morgan fingerprint density at radius 1 is 0.660 bits per heavy atom. The van der Waals surface area contributed by atoms with Crippen LogP contribution < -0.4 is 9.47 Å². The molecule has 0 saturated heterocycles. The lowest BCUT2D eigenvalue weighted by Crippen LogP contribution is -2.30. The van der Waals surface area contributed by atoms with Crippen LogP contribution in [0.25, 0.3) is 0 Å². The number of unbranched alkanes of at least 4 members (excludes halogenated alkanes) is 2. The molecule has 2 amide bonds. The summed E-state index contributed by atoms with van der Waals surface area (Å²) in [4.78, 5) is 86.8. The summed E-state index contributed by atoms with van der Waals surface area (Å²) in [5.41, 5.74) is -1.12. The van der Waals surface area contributed by atoms with Gasteiger partial charge in [-0.1, -0.05) is 29.6 Å². The Morgan fingerprint density at radius 2 is 1.12 bits per heavy atom. The SMILES string of the molecule is O=C(CCCCCN1C(=O)C=CC1=O)OCOC(=O)Oc1ccc([N+](=O)[O-])cc1.O=C(Cl)OCCl.O=C(OCCl)Oc1ccc([N+](=O)[O-])cc1. The number of hydrogen-bond acceptors (Lipinski definition) is 16. The summed E-state index contributed by atoms with van der Waals surface area (Å²) in [6.45, 7) is -0.343. The van der Waals surface area contributed by atoms with Crippen LogP contribution in [0.15, 0.2) is 60.7 Å². The minimum Gasteiger partial charge on any atom is -0.437 e. The van der Waals surface area contributed by atoms with E-state index in [2.05, 4.69) is 30.5 Å². The van der Waals surface area contributed by atoms with Gasteiger partial charge >= 0.3 is 23.7 Å². The molecular weight excluding hydrogens is 741 g/mol. The van der Waals surface area contributed by atoms with Crippen molar-refractivity contribution in [2.24, 2.45) is 0 Å². The molecule has 2 aromatic carbocycles. The van der Waals surface area contributed by atoms with Gasteiger partial charge in [0.15, 0.2) is 12.1 Å². The predicted octanol–water partition coefficient (Wildman–Crippen LogP) is 5.96. The van der Waals surface area contributed by atoms with Gasteiger partial charge in [-0.05, 0) is 37.1 Å². The van der Waals surface area contributed by atoms with Gasteiger partial charge in [-0.3, -0.25) is 39.5 Å². The van der Waals surface area contributed by atoms with E-state index >= 15 is 0 Å². The highest BCUT2D eigenvalue weighted by atomic mass is 35.5. The Kier molecular flexibility index (Phi) is 20.2. The summed E-state index contributed by atoms with van der Waals surface area (Å²) in [5.74, 6) is -1.07. The number of hydrogen-bond donors (Lipinski definition) is 0. The molecule has 0 aliphatic carbocycles. The molecule has 1 aliphatic rings. The van der Waals surface area contributed by atoms with E-state index in [4.69, 9.17) is 32.7 Å². The molecule has 270 valence electrons. The molecule has 3 rings (SSSR count). The fourth-order valence-corrected chi connectivity index (χ4v) is 3.49. The molecular formula is C28H26Cl3N3O16. The molecule has 0 spiro atoms. The Bertz CT molecular complexity index is 1500. The van der Waals surface area contributed by atoms with E-state index in [1.165, 1.54) is 48.6 Å². The minimum atomic E-state index is -1.12. The van der Waals surface area contributed by atoms with E-state index in [1.54, 1.807) is 0 Å². The van der Waals surface area contributed by atoms with Gasteiger partial charge in [0.25, 0.3) is 23.2 Å². The monoisotopic (exact) mass is 765 g/mol. The number of rotatable bonds is 14. The van der Waals surface area contributed by atoms with E-state index in [9.17, 15) is 49.0 Å². The van der Waals surface area contributed by atoms with Gasteiger partial charge in [0.1, 0.15) is 11.5 Å². The molecule has 22 heteroatoms. The Labute approximate surface area is 296 Å². The predicted molar refractivity (Wildman–Crippen MR) is 169 cm³/mol. The maximum absolute atomic E-state index is 11.6. The van der Waals surface area contributed by atoms with E-state index in [1.807, 2.05) is 0 Å². The van der Waals surface area contributed by atoms with Crippen LogP contribution in [0.2, 0.25) is 0 Å². The molecule has 0 atom stereocenters. The smallest absolute Gasteiger partial charge is 0.437 e. The lowest BCUT2D eigenvalue weighted by Gasteiger charge is -2.12. The van der Waals surface area contributed by atoms with E-state index in [-0.39, 0.29) is 59.8 Å². The first-order chi connectivity index (χ1) is 23.8. The first-order valence-electron chi connectivity index (χ1n) is 13.6. The van der Waals surface area contributed by atoms with Crippen LogP contribution in [0.3, 0.4) is 0 Å². The lowest BCUT2D eigenvalue weighted by molar-refractivity contribution is -0.385. The number of imide groups is 1. The minimum absolute atomic E-state index is 0.0390. The number of ether oxygens (including phenoxy) is 6. The van der Waals surface area contributed by atoms with Crippen molar-refractivity contribution in [2.45, 2.75) is 25.7 Å². The zero-order valence-electron chi connectivity index (χ0n) is 25.4. The number of nitro benzene ring substituents is 2. The summed E-state index contributed by atoms with van der Waals surface area (Å²) in [6.07, 6.45) is 2.08. The summed E-state index contributed by atoms with van der Waals surface area (Å²) in [6, 6.07) is 9.28. The highest BCUT2D eigenvalue weighted by Crippen LogP contribution is 2.19. The number of nitro groups is 2. The van der Waals surface area contributed by atoms with Gasteiger partial charge in [-0.25, -0.2) is 14.4 Å². The third-order valence-electron chi connectivity index (χ3n) is 5.40. The molecule has 1 aliphatic heterocycles. The number of amides is 2. The summed E-state index contributed by atoms with van der Waals surface area (Å²) >= 11 is 14.6. The number of non-ortho nitro benzene ring substituents is 2. The Balaban J connectivity index is 0.000000493. The van der Waals surface area contributed by atoms with Crippen LogP contribution in [-0.2, 0) is 33.3 Å². The van der Waals surface area contributed by atoms with Crippen molar-refractivity contribution in [2.75, 3.05) is 25.5 Å². The first kappa shape index (κ1) is 42.5. The van der Waals surface area contributed by atoms with Crippen LogP contribution in [0.5, 0.6) is 11.5 Å². The zero-order chi connectivity index (χ0) is 37.5. The molecule has 0 saturated carbocycles. The second kappa shape index (κ2) is 23.7. The van der Waals surface area contributed by atoms with E-state index < -0.39 is 40.3 Å². The molecule has 0 fully saturated rings. The van der Waals surface area contributed by atoms with Crippen molar-refractivity contribution in [1.82, 2.24) is 4.90 Å². The number of carbonyl (C=O) groups is 6. The molecule has 0 radical (unpaired) electrons. The number of nitrogens with zero attached hydrogens (tertiary/aromatic N) is 3. The number of carbonyl (C=O) groups excluding carboxylic acids is 6. The van der Waals surface area contributed by atoms with Gasteiger partial charge in [0.05, 0.1) is 9.85 Å². The topological polar surface area (TPSA) is 247 Å². The normalized spacial score (nSPS) is 11.1. The Morgan fingerprint density at radius 3 is 1.52 bits per heavy atom. The molecule has 19 nitrogen and oxygen atoms in total. The number of alkyl halides is 2. The van der Waals surface area contributed by atoms with E-state index in [0.29, 0.717) is 19.3 Å². The highest BCUT2D eigenvalue weighted by molar-refractivity contribution is 6.61. The van der Waals surface area contributed by atoms with Gasteiger partial charge in [-0.15, -0.1) is 0 Å². The summed E-state index contributed by atoms with van der Waals surface area (Å²) in [5, 5.41) is 20.8. The van der Waals surface area contributed by atoms with Gasteiger partial charge in [-0.2, -0.15) is 0 Å². The Hall–Kier alpha value is -5.53. The highest BCUT2D eigenvalue weighted by Gasteiger charge is 2.22. The van der Waals surface area contributed by atoms with Crippen LogP contribution in [-0.4, -0.2) is 75.7 Å². The second-order valence-electron chi connectivity index (χ2n) is 8.70. The molecule has 1 heterocycles. The van der Waals surface area contributed by atoms with Crippen molar-refractivity contribution in [3.8, 4) is 11.5 Å². The zero-order valence-corrected chi connectivity index (χ0v) is 27.7. The van der Waals surface area contributed by atoms with Crippen LogP contribution >= 0.6 is 34.8 Å². The van der Waals surface area contributed by atoms with Gasteiger partial charge in [0.2, 0.25) is 6.79 Å². The van der Waals surface area contributed by atoms with Gasteiger partial charge in [0, 0.05) is 61.0 Å². The summed E-state index contributed by atoms with van der Waals surface area (Å²) in [7, 11) is 0. The van der Waals surface area contributed by atoms with Crippen LogP contribution in [0.1, 0.15) is 25.7 Å². The summed E-state index contributed by atoms with van der Waals surface area (Å²) < 4.78 is 26.9. The van der Waals surface area contributed by atoms with Crippen LogP contribution in [0.4, 0.5) is 25.8 Å². The third-order valence-corrected chi connectivity index (χ3v) is 5.73. The molecule has 0 N–H and O–H groups in total. The van der Waals surface area contributed by atoms with Crippen molar-refractivity contribution in [1.29, 1.82) is 0 Å². The van der Waals surface area contributed by atoms with Crippen molar-refractivity contribution >= 4 is 81.7 Å². The molecule has 0 aromatic heterocycles.